The molecule has 3 nitrogen and oxygen atoms in total. The molecule has 0 amide bonds. The third kappa shape index (κ3) is 6.99. The number of hydrogen-bond donors (Lipinski definition) is 0. The molecule has 0 bridgehead atoms. The Morgan fingerprint density at radius 3 is 1.48 bits per heavy atom. The third-order valence-corrected chi connectivity index (χ3v) is 13.5. The van der Waals surface area contributed by atoms with Gasteiger partial charge in [-0.3, -0.25) is 4.90 Å². The van der Waals surface area contributed by atoms with Gasteiger partial charge in [-0.25, -0.2) is 0 Å². The largest absolute Gasteiger partial charge is 0.440 e. The lowest BCUT2D eigenvalue weighted by atomic mass is 9.33. The number of hydrogen-bond acceptors (Lipinski definition) is 3. The molecular formula is C58H65BN2O. The Bertz CT molecular complexity index is 2860. The fourth-order valence-electron chi connectivity index (χ4n) is 9.58. The molecule has 0 radical (unpaired) electrons. The molecular weight excluding hydrogens is 751 g/mol. The van der Waals surface area contributed by atoms with Gasteiger partial charge >= 0.3 is 0 Å². The Morgan fingerprint density at radius 2 is 0.903 bits per heavy atom. The average Bonchev–Trinajstić information content (AvgIpc) is 3.57. The Hall–Kier alpha value is -5.48. The van der Waals surface area contributed by atoms with Gasteiger partial charge in [-0.05, 0) is 120 Å². The van der Waals surface area contributed by atoms with Crippen LogP contribution in [0.15, 0.2) is 126 Å². The van der Waals surface area contributed by atoms with Crippen LogP contribution in [-0.2, 0) is 27.1 Å². The molecule has 0 atom stereocenters. The number of fused-ring (bicyclic) bond motifs is 6. The van der Waals surface area contributed by atoms with E-state index in [1.54, 1.807) is 0 Å². The van der Waals surface area contributed by atoms with Crippen molar-refractivity contribution in [3.05, 3.63) is 149 Å². The SMILES string of the molecule is CC(C)(C)c1ccc(-c2ccccc2N2c3cc(C(C)(C)C)cc4c3B(c3cc(C(C)(C)C)ccc3N4c3ccc(C(C)(C)C)cc3)c3c2oc2ccc(C(C)(C)C)cc32)cc1. The van der Waals surface area contributed by atoms with Crippen LogP contribution in [0, 0.1) is 0 Å². The Morgan fingerprint density at radius 1 is 0.403 bits per heavy atom. The van der Waals surface area contributed by atoms with E-state index < -0.39 is 0 Å². The molecule has 4 heteroatoms. The zero-order chi connectivity index (χ0) is 44.5. The highest BCUT2D eigenvalue weighted by atomic mass is 16.4. The molecule has 1 aromatic heterocycles. The molecule has 2 aliphatic heterocycles. The van der Waals surface area contributed by atoms with Gasteiger partial charge in [0.05, 0.1) is 5.69 Å². The number of rotatable bonds is 3. The summed E-state index contributed by atoms with van der Waals surface area (Å²) in [6, 6.07) is 46.6. The van der Waals surface area contributed by atoms with E-state index in [1.807, 2.05) is 0 Å². The van der Waals surface area contributed by atoms with Crippen molar-refractivity contribution in [3.8, 4) is 11.1 Å². The minimum absolute atomic E-state index is 0.0386. The second kappa shape index (κ2) is 14.0. The smallest absolute Gasteiger partial charge is 0.257 e. The maximum atomic E-state index is 7.34. The van der Waals surface area contributed by atoms with E-state index in [2.05, 4.69) is 235 Å². The summed E-state index contributed by atoms with van der Waals surface area (Å²) in [6.07, 6.45) is 0. The zero-order valence-corrected chi connectivity index (χ0v) is 39.9. The predicted octanol–water partition coefficient (Wildman–Crippen LogP) is 14.7. The first kappa shape index (κ1) is 41.9. The van der Waals surface area contributed by atoms with Gasteiger partial charge in [0.25, 0.3) is 6.71 Å². The average molecular weight is 817 g/mol. The molecule has 0 N–H and O–H groups in total. The molecule has 0 saturated heterocycles. The molecule has 2 aliphatic rings. The van der Waals surface area contributed by atoms with Crippen LogP contribution in [-0.4, -0.2) is 6.71 Å². The summed E-state index contributed by atoms with van der Waals surface area (Å²) in [6.45, 7) is 34.6. The van der Waals surface area contributed by atoms with Crippen LogP contribution in [0.5, 0.6) is 0 Å². The summed E-state index contributed by atoms with van der Waals surface area (Å²) in [4.78, 5) is 5.03. The minimum Gasteiger partial charge on any atom is -0.440 e. The molecule has 0 unspecified atom stereocenters. The predicted molar refractivity (Wildman–Crippen MR) is 269 cm³/mol. The van der Waals surface area contributed by atoms with E-state index in [1.165, 1.54) is 83.5 Å². The van der Waals surface area contributed by atoms with Crippen LogP contribution in [0.1, 0.15) is 132 Å². The van der Waals surface area contributed by atoms with Crippen molar-refractivity contribution >= 4 is 68.4 Å². The van der Waals surface area contributed by atoms with Crippen molar-refractivity contribution in [3.63, 3.8) is 0 Å². The van der Waals surface area contributed by atoms with E-state index in [9.17, 15) is 0 Å². The van der Waals surface area contributed by atoms with Gasteiger partial charge < -0.3 is 9.32 Å². The lowest BCUT2D eigenvalue weighted by Gasteiger charge is -2.44. The second-order valence-electron chi connectivity index (χ2n) is 23.2. The van der Waals surface area contributed by atoms with Crippen molar-refractivity contribution in [2.75, 3.05) is 9.80 Å². The zero-order valence-electron chi connectivity index (χ0n) is 39.9. The van der Waals surface area contributed by atoms with Crippen molar-refractivity contribution in [2.45, 2.75) is 131 Å². The van der Waals surface area contributed by atoms with Gasteiger partial charge in [-0.2, -0.15) is 0 Å². The van der Waals surface area contributed by atoms with Crippen molar-refractivity contribution in [1.82, 2.24) is 0 Å². The monoisotopic (exact) mass is 817 g/mol. The van der Waals surface area contributed by atoms with Crippen LogP contribution in [0.4, 0.5) is 34.3 Å². The van der Waals surface area contributed by atoms with Gasteiger partial charge in [-0.15, -0.1) is 0 Å². The summed E-state index contributed by atoms with van der Waals surface area (Å²) in [5, 5.41) is 1.18. The molecule has 0 fully saturated rings. The quantitative estimate of drug-likeness (QED) is 0.166. The summed E-state index contributed by atoms with van der Waals surface area (Å²) in [7, 11) is 0. The van der Waals surface area contributed by atoms with Gasteiger partial charge in [0, 0.05) is 39.2 Å². The maximum Gasteiger partial charge on any atom is 0.257 e. The normalized spacial score (nSPS) is 14.3. The van der Waals surface area contributed by atoms with Gasteiger partial charge in [0.2, 0.25) is 5.88 Å². The molecule has 7 aromatic rings. The van der Waals surface area contributed by atoms with E-state index >= 15 is 0 Å². The van der Waals surface area contributed by atoms with Crippen molar-refractivity contribution in [1.29, 1.82) is 0 Å². The van der Waals surface area contributed by atoms with E-state index in [0.717, 1.165) is 17.2 Å². The summed E-state index contributed by atoms with van der Waals surface area (Å²) in [5.74, 6) is 0.898. The molecule has 0 spiro atoms. The first-order valence-corrected chi connectivity index (χ1v) is 22.7. The summed E-state index contributed by atoms with van der Waals surface area (Å²) >= 11 is 0. The first-order chi connectivity index (χ1) is 28.9. The lowest BCUT2D eigenvalue weighted by Crippen LogP contribution is -2.61. The highest BCUT2D eigenvalue weighted by Crippen LogP contribution is 2.50. The van der Waals surface area contributed by atoms with Gasteiger partial charge in [0.1, 0.15) is 5.58 Å². The summed E-state index contributed by atoms with van der Waals surface area (Å²) < 4.78 is 7.34. The molecule has 0 aliphatic carbocycles. The number of para-hydroxylation sites is 1. The summed E-state index contributed by atoms with van der Waals surface area (Å²) in [5.41, 5.74) is 19.4. The highest BCUT2D eigenvalue weighted by molar-refractivity contribution is 7.01. The number of furan rings is 1. The second-order valence-corrected chi connectivity index (χ2v) is 23.2. The Kier molecular flexibility index (Phi) is 9.46. The lowest BCUT2D eigenvalue weighted by molar-refractivity contribution is 0.588. The molecule has 62 heavy (non-hydrogen) atoms. The van der Waals surface area contributed by atoms with Gasteiger partial charge in [0.15, 0.2) is 0 Å². The number of benzene rings is 6. The van der Waals surface area contributed by atoms with Crippen LogP contribution < -0.4 is 26.2 Å². The van der Waals surface area contributed by atoms with E-state index in [-0.39, 0.29) is 33.8 Å². The fraction of sp³-hybridized carbons (Fsp3) is 0.345. The van der Waals surface area contributed by atoms with Crippen molar-refractivity contribution in [2.24, 2.45) is 0 Å². The maximum absolute atomic E-state index is 7.34. The van der Waals surface area contributed by atoms with Crippen molar-refractivity contribution < 1.29 is 4.42 Å². The minimum atomic E-state index is -0.136. The standard InChI is InChI=1S/C58H65BN2O/c1-54(2,3)37-22-20-36(21-23-37)43-18-16-17-19-46(43)61-49-35-41(58(13,14)15)34-48-52(49)59(51-44-32-39(56(7,8)9)27-31-50(44)62-53(51)61)45-33-40(57(10,11)12)26-30-47(45)60(48)42-28-24-38(25-29-42)55(4,5)6/h16-35H,1-15H3. The fourth-order valence-corrected chi connectivity index (χ4v) is 9.58. The van der Waals surface area contributed by atoms with Crippen LogP contribution in [0.25, 0.3) is 22.1 Å². The number of anilines is 6. The Balaban J connectivity index is 1.42. The first-order valence-electron chi connectivity index (χ1n) is 22.7. The topological polar surface area (TPSA) is 19.6 Å². The Labute approximate surface area is 372 Å². The van der Waals surface area contributed by atoms with Crippen LogP contribution in [0.3, 0.4) is 0 Å². The van der Waals surface area contributed by atoms with Crippen LogP contribution in [0.2, 0.25) is 0 Å². The third-order valence-electron chi connectivity index (χ3n) is 13.5. The molecule has 6 aromatic carbocycles. The molecule has 316 valence electrons. The molecule has 0 saturated carbocycles. The molecule has 9 rings (SSSR count). The van der Waals surface area contributed by atoms with E-state index in [4.69, 9.17) is 4.42 Å². The van der Waals surface area contributed by atoms with Crippen LogP contribution >= 0.6 is 0 Å². The molecule has 3 heterocycles. The highest BCUT2D eigenvalue weighted by Gasteiger charge is 2.47. The van der Waals surface area contributed by atoms with E-state index in [0.29, 0.717) is 0 Å². The van der Waals surface area contributed by atoms with Gasteiger partial charge in [-0.1, -0.05) is 177 Å². The number of nitrogens with zero attached hydrogens (tertiary/aromatic N) is 2.